The number of benzene rings is 3. The molecule has 4 aromatic rings. The van der Waals surface area contributed by atoms with Crippen molar-refractivity contribution in [3.8, 4) is 11.4 Å². The molecular weight excluding hydrogens is 410 g/mol. The van der Waals surface area contributed by atoms with Gasteiger partial charge in [0.15, 0.2) is 0 Å². The maximum Gasteiger partial charge on any atom is 0.144 e. The van der Waals surface area contributed by atoms with Gasteiger partial charge in [0.2, 0.25) is 0 Å². The summed E-state index contributed by atoms with van der Waals surface area (Å²) in [5.41, 5.74) is 2.73. The van der Waals surface area contributed by atoms with Gasteiger partial charge in [-0.2, -0.15) is 0 Å². The summed E-state index contributed by atoms with van der Waals surface area (Å²) < 4.78 is 30.4. The van der Waals surface area contributed by atoms with Crippen LogP contribution in [-0.2, 0) is 6.54 Å². The van der Waals surface area contributed by atoms with E-state index in [1.54, 1.807) is 11.8 Å². The summed E-state index contributed by atoms with van der Waals surface area (Å²) in [4.78, 5) is 5.76. The van der Waals surface area contributed by atoms with Crippen LogP contribution in [0.1, 0.15) is 18.9 Å². The second-order valence-corrected chi connectivity index (χ2v) is 8.38. The predicted molar refractivity (Wildman–Crippen MR) is 117 cm³/mol. The van der Waals surface area contributed by atoms with Gasteiger partial charge >= 0.3 is 0 Å². The molecule has 0 aliphatic carbocycles. The lowest BCUT2D eigenvalue weighted by atomic mass is 10.1. The zero-order chi connectivity index (χ0) is 20.4. The van der Waals surface area contributed by atoms with Gasteiger partial charge in [0, 0.05) is 16.5 Å². The number of thioether (sulfide) groups is 1. The third-order valence-corrected chi connectivity index (χ3v) is 6.03. The zero-order valence-corrected chi connectivity index (χ0v) is 17.4. The van der Waals surface area contributed by atoms with Gasteiger partial charge in [-0.15, -0.1) is 11.8 Å². The Balaban J connectivity index is 1.90. The molecule has 0 N–H and O–H groups in total. The molecule has 0 amide bonds. The van der Waals surface area contributed by atoms with E-state index >= 15 is 0 Å². The van der Waals surface area contributed by atoms with E-state index in [1.807, 2.05) is 41.0 Å². The van der Waals surface area contributed by atoms with Crippen LogP contribution in [0.25, 0.3) is 22.4 Å². The van der Waals surface area contributed by atoms with Crippen molar-refractivity contribution < 1.29 is 8.78 Å². The third-order valence-electron chi connectivity index (χ3n) is 4.59. The monoisotopic (exact) mass is 428 g/mol. The Bertz CT molecular complexity index is 1170. The van der Waals surface area contributed by atoms with Gasteiger partial charge in [-0.25, -0.2) is 13.8 Å². The topological polar surface area (TPSA) is 17.8 Å². The number of nitrogens with zero attached hydrogens (tertiary/aromatic N) is 2. The number of hydrogen-bond donors (Lipinski definition) is 0. The van der Waals surface area contributed by atoms with Crippen LogP contribution in [0.2, 0.25) is 5.02 Å². The summed E-state index contributed by atoms with van der Waals surface area (Å²) in [7, 11) is 0. The van der Waals surface area contributed by atoms with Gasteiger partial charge in [0.1, 0.15) is 17.5 Å². The first-order valence-electron chi connectivity index (χ1n) is 9.38. The SMILES string of the molecule is CCCSc1ccc2nc(-c3cc(F)ccc3F)n(Cc3cccc(Cl)c3)c2c1. The first kappa shape index (κ1) is 19.9. The highest BCUT2D eigenvalue weighted by Crippen LogP contribution is 2.31. The lowest BCUT2D eigenvalue weighted by Crippen LogP contribution is -2.03. The maximum atomic E-state index is 14.6. The molecule has 0 fully saturated rings. The summed E-state index contributed by atoms with van der Waals surface area (Å²) >= 11 is 7.92. The highest BCUT2D eigenvalue weighted by atomic mass is 35.5. The van der Waals surface area contributed by atoms with Gasteiger partial charge in [-0.3, -0.25) is 0 Å². The maximum absolute atomic E-state index is 14.6. The Morgan fingerprint density at radius 3 is 2.69 bits per heavy atom. The minimum atomic E-state index is -0.505. The first-order chi connectivity index (χ1) is 14.0. The smallest absolute Gasteiger partial charge is 0.144 e. The average molecular weight is 429 g/mol. The Morgan fingerprint density at radius 1 is 1.03 bits per heavy atom. The molecule has 2 nitrogen and oxygen atoms in total. The van der Waals surface area contributed by atoms with E-state index in [9.17, 15) is 8.78 Å². The second-order valence-electron chi connectivity index (χ2n) is 6.77. The molecule has 0 saturated carbocycles. The van der Waals surface area contributed by atoms with Crippen LogP contribution in [0.4, 0.5) is 8.78 Å². The van der Waals surface area contributed by atoms with Gasteiger partial charge in [-0.05, 0) is 66.3 Å². The van der Waals surface area contributed by atoms with Crippen LogP contribution in [-0.4, -0.2) is 15.3 Å². The highest BCUT2D eigenvalue weighted by molar-refractivity contribution is 7.99. The van der Waals surface area contributed by atoms with Crippen molar-refractivity contribution in [3.05, 3.63) is 82.9 Å². The van der Waals surface area contributed by atoms with E-state index in [1.165, 1.54) is 6.07 Å². The molecule has 4 rings (SSSR count). The minimum absolute atomic E-state index is 0.144. The number of imidazole rings is 1. The largest absolute Gasteiger partial charge is 0.319 e. The number of aromatic nitrogens is 2. The van der Waals surface area contributed by atoms with Gasteiger partial charge < -0.3 is 4.57 Å². The Hall–Kier alpha value is -2.37. The second kappa shape index (κ2) is 8.56. The molecule has 29 heavy (non-hydrogen) atoms. The third kappa shape index (κ3) is 4.31. The Kier molecular flexibility index (Phi) is 5.88. The molecule has 0 spiro atoms. The van der Waals surface area contributed by atoms with E-state index in [2.05, 4.69) is 18.0 Å². The molecule has 3 aromatic carbocycles. The van der Waals surface area contributed by atoms with Crippen molar-refractivity contribution in [2.45, 2.75) is 24.8 Å². The lowest BCUT2D eigenvalue weighted by Gasteiger charge is -2.11. The fourth-order valence-electron chi connectivity index (χ4n) is 3.26. The van der Waals surface area contributed by atoms with Crippen LogP contribution < -0.4 is 0 Å². The van der Waals surface area contributed by atoms with Crippen LogP contribution in [0.15, 0.2) is 65.6 Å². The van der Waals surface area contributed by atoms with Crippen LogP contribution >= 0.6 is 23.4 Å². The van der Waals surface area contributed by atoms with E-state index in [0.717, 1.165) is 45.8 Å². The zero-order valence-electron chi connectivity index (χ0n) is 15.8. The molecular formula is C23H19ClF2N2S. The first-order valence-corrected chi connectivity index (χ1v) is 10.7. The Morgan fingerprint density at radius 2 is 1.90 bits per heavy atom. The predicted octanol–water partition coefficient (Wildman–Crippen LogP) is 7.19. The molecule has 0 atom stereocenters. The minimum Gasteiger partial charge on any atom is -0.319 e. The molecule has 148 valence electrons. The molecule has 0 radical (unpaired) electrons. The van der Waals surface area contributed by atoms with Crippen molar-refractivity contribution in [2.75, 3.05) is 5.75 Å². The number of rotatable bonds is 6. The summed E-state index contributed by atoms with van der Waals surface area (Å²) in [6.45, 7) is 2.59. The van der Waals surface area contributed by atoms with Gasteiger partial charge in [0.05, 0.1) is 16.6 Å². The summed E-state index contributed by atoms with van der Waals surface area (Å²) in [5.74, 6) is 0.408. The summed E-state index contributed by atoms with van der Waals surface area (Å²) in [5, 5.41) is 0.629. The summed E-state index contributed by atoms with van der Waals surface area (Å²) in [6.07, 6.45) is 1.07. The van der Waals surface area contributed by atoms with Crippen molar-refractivity contribution in [2.24, 2.45) is 0 Å². The fourth-order valence-corrected chi connectivity index (χ4v) is 4.28. The van der Waals surface area contributed by atoms with E-state index in [0.29, 0.717) is 17.4 Å². The number of fused-ring (bicyclic) bond motifs is 1. The number of hydrogen-bond acceptors (Lipinski definition) is 2. The molecule has 0 unspecified atom stereocenters. The van der Waals surface area contributed by atoms with Gasteiger partial charge in [-0.1, -0.05) is 30.7 Å². The van der Waals surface area contributed by atoms with Crippen molar-refractivity contribution >= 4 is 34.4 Å². The van der Waals surface area contributed by atoms with Crippen molar-refractivity contribution in [3.63, 3.8) is 0 Å². The van der Waals surface area contributed by atoms with Gasteiger partial charge in [0.25, 0.3) is 0 Å². The standard InChI is InChI=1S/C23H19ClF2N2S/c1-2-10-29-18-7-9-21-22(13-18)28(14-15-4-3-5-16(24)11-15)23(27-21)19-12-17(25)6-8-20(19)26/h3-9,11-13H,2,10,14H2,1H3. The quantitative estimate of drug-likeness (QED) is 0.302. The Labute approximate surface area is 177 Å². The molecule has 0 aliphatic heterocycles. The van der Waals surface area contributed by atoms with Crippen molar-refractivity contribution in [1.82, 2.24) is 9.55 Å². The van der Waals surface area contributed by atoms with E-state index in [4.69, 9.17) is 11.6 Å². The van der Waals surface area contributed by atoms with E-state index in [-0.39, 0.29) is 5.56 Å². The molecule has 1 heterocycles. The lowest BCUT2D eigenvalue weighted by molar-refractivity contribution is 0.601. The molecule has 0 saturated heterocycles. The molecule has 6 heteroatoms. The molecule has 0 bridgehead atoms. The highest BCUT2D eigenvalue weighted by Gasteiger charge is 2.17. The fraction of sp³-hybridized carbons (Fsp3) is 0.174. The van der Waals surface area contributed by atoms with Crippen LogP contribution in [0, 0.1) is 11.6 Å². The number of halogens is 3. The van der Waals surface area contributed by atoms with Crippen molar-refractivity contribution in [1.29, 1.82) is 0 Å². The van der Waals surface area contributed by atoms with Crippen LogP contribution in [0.3, 0.4) is 0 Å². The van der Waals surface area contributed by atoms with Crippen LogP contribution in [0.5, 0.6) is 0 Å². The normalized spacial score (nSPS) is 11.3. The van der Waals surface area contributed by atoms with E-state index < -0.39 is 11.6 Å². The average Bonchev–Trinajstić information content (AvgIpc) is 3.06. The molecule has 1 aromatic heterocycles. The molecule has 0 aliphatic rings. The summed E-state index contributed by atoms with van der Waals surface area (Å²) in [6, 6.07) is 17.0.